The van der Waals surface area contributed by atoms with Gasteiger partial charge in [-0.3, -0.25) is 9.78 Å². The number of rotatable bonds is 12. The maximum Gasteiger partial charge on any atom is 0.286 e. The van der Waals surface area contributed by atoms with Crippen molar-refractivity contribution in [2.75, 3.05) is 18.4 Å². The van der Waals surface area contributed by atoms with Gasteiger partial charge in [0.25, 0.3) is 5.92 Å². The molecule has 0 fully saturated rings. The molecule has 1 aromatic heterocycles. The zero-order valence-corrected chi connectivity index (χ0v) is 23.9. The molecule has 1 N–H and O–H groups in total. The molecule has 0 aliphatic heterocycles. The number of hydrogen-bond donors (Lipinski definition) is 1. The fourth-order valence-corrected chi connectivity index (χ4v) is 2.92. The van der Waals surface area contributed by atoms with Crippen LogP contribution in [0.25, 0.3) is 0 Å². The summed E-state index contributed by atoms with van der Waals surface area (Å²) >= 11 is 0. The van der Waals surface area contributed by atoms with E-state index in [1.54, 1.807) is 19.2 Å². The van der Waals surface area contributed by atoms with Crippen LogP contribution in [0.3, 0.4) is 0 Å². The van der Waals surface area contributed by atoms with E-state index in [-0.39, 0.29) is 11.5 Å². The van der Waals surface area contributed by atoms with Crippen molar-refractivity contribution in [3.05, 3.63) is 60.2 Å². The molecule has 0 saturated heterocycles. The quantitative estimate of drug-likeness (QED) is 0.175. The van der Waals surface area contributed by atoms with Crippen molar-refractivity contribution in [3.63, 3.8) is 0 Å². The number of hydrogen-bond acceptors (Lipinski definition) is 4. The lowest BCUT2D eigenvalue weighted by Gasteiger charge is -2.27. The number of halogens is 2. The monoisotopic (exact) mass is 506 g/mol. The van der Waals surface area contributed by atoms with E-state index in [0.717, 1.165) is 50.8 Å². The summed E-state index contributed by atoms with van der Waals surface area (Å²) in [5.74, 6) is -1.94. The van der Waals surface area contributed by atoms with Gasteiger partial charge in [-0.25, -0.2) is 4.99 Å². The van der Waals surface area contributed by atoms with Gasteiger partial charge >= 0.3 is 0 Å². The summed E-state index contributed by atoms with van der Waals surface area (Å²) < 4.78 is 26.8. The molecular weight excluding hydrogens is 458 g/mol. The number of allylic oxidation sites excluding steroid dienone is 3. The third-order valence-corrected chi connectivity index (χ3v) is 4.57. The second kappa shape index (κ2) is 20.4. The number of Topliss-reactive ketones (excluding diaryl/α,β-unsaturated/α-hetero) is 1. The normalized spacial score (nSPS) is 11.8. The van der Waals surface area contributed by atoms with Gasteiger partial charge in [-0.05, 0) is 50.8 Å². The molecular formula is C29H48F2N4O. The first-order valence-electron chi connectivity index (χ1n) is 13.0. The first-order valence-corrected chi connectivity index (χ1v) is 13.0. The molecule has 0 aromatic carbocycles. The number of nitrogens with one attached hydrogen (secondary N) is 1. The number of aliphatic imine (C=N–C) groups is 1. The van der Waals surface area contributed by atoms with E-state index in [2.05, 4.69) is 53.6 Å². The molecule has 0 aliphatic rings. The van der Waals surface area contributed by atoms with Crippen LogP contribution in [0.15, 0.2) is 59.5 Å². The molecule has 36 heavy (non-hydrogen) atoms. The Labute approximate surface area is 218 Å². The van der Waals surface area contributed by atoms with Crippen LogP contribution in [-0.2, 0) is 10.7 Å². The van der Waals surface area contributed by atoms with E-state index >= 15 is 0 Å². The molecule has 0 radical (unpaired) electrons. The molecule has 0 aliphatic carbocycles. The minimum absolute atomic E-state index is 0.153. The van der Waals surface area contributed by atoms with E-state index in [9.17, 15) is 13.6 Å². The molecule has 5 nitrogen and oxygen atoms in total. The van der Waals surface area contributed by atoms with E-state index in [1.165, 1.54) is 12.3 Å². The summed E-state index contributed by atoms with van der Waals surface area (Å²) in [4.78, 5) is 21.2. The van der Waals surface area contributed by atoms with Crippen LogP contribution in [0.2, 0.25) is 0 Å². The SMILES string of the molecule is C=C(C)C(=O)CC.CC.C\C=C/N=C(\C(=C\CC)Nc1ccc(C(C)(F)F)nc1)N(CCC)CCC. The van der Waals surface area contributed by atoms with Crippen molar-refractivity contribution in [1.82, 2.24) is 9.88 Å². The van der Waals surface area contributed by atoms with Crippen molar-refractivity contribution >= 4 is 17.3 Å². The number of carbonyl (C=O) groups excluding carboxylic acids is 1. The number of aromatic nitrogens is 1. The molecule has 7 heteroatoms. The highest BCUT2D eigenvalue weighted by Gasteiger charge is 2.25. The summed E-state index contributed by atoms with van der Waals surface area (Å²) in [6.07, 6.45) is 10.6. The van der Waals surface area contributed by atoms with Gasteiger partial charge in [0, 0.05) is 32.6 Å². The minimum Gasteiger partial charge on any atom is -0.355 e. The molecule has 0 saturated carbocycles. The Bertz CT molecular complexity index is 832. The summed E-state index contributed by atoms with van der Waals surface area (Å²) in [6, 6.07) is 2.98. The Hall–Kier alpha value is -2.83. The average molecular weight is 507 g/mol. The first-order chi connectivity index (χ1) is 17.0. The largest absolute Gasteiger partial charge is 0.355 e. The minimum atomic E-state index is -2.95. The number of amidine groups is 1. The Kier molecular flexibility index (Phi) is 20.0. The predicted octanol–water partition coefficient (Wildman–Crippen LogP) is 8.52. The summed E-state index contributed by atoms with van der Waals surface area (Å²) in [6.45, 7) is 21.9. The van der Waals surface area contributed by atoms with E-state index in [1.807, 2.05) is 33.8 Å². The lowest BCUT2D eigenvalue weighted by Crippen LogP contribution is -2.35. The van der Waals surface area contributed by atoms with Gasteiger partial charge < -0.3 is 10.2 Å². The second-order valence-electron chi connectivity index (χ2n) is 7.95. The molecule has 0 atom stereocenters. The third-order valence-electron chi connectivity index (χ3n) is 4.57. The van der Waals surface area contributed by atoms with Gasteiger partial charge in [0.2, 0.25) is 0 Å². The number of nitrogens with zero attached hydrogens (tertiary/aromatic N) is 3. The van der Waals surface area contributed by atoms with Gasteiger partial charge in [-0.1, -0.05) is 60.3 Å². The van der Waals surface area contributed by atoms with Crippen molar-refractivity contribution < 1.29 is 13.6 Å². The van der Waals surface area contributed by atoms with Gasteiger partial charge in [-0.2, -0.15) is 8.78 Å². The maximum atomic E-state index is 13.4. The summed E-state index contributed by atoms with van der Waals surface area (Å²) in [7, 11) is 0. The van der Waals surface area contributed by atoms with Gasteiger partial charge in [0.05, 0.1) is 17.6 Å². The van der Waals surface area contributed by atoms with Crippen LogP contribution >= 0.6 is 0 Å². The Morgan fingerprint density at radius 1 is 1.17 bits per heavy atom. The number of ketones is 1. The van der Waals surface area contributed by atoms with E-state index < -0.39 is 5.92 Å². The zero-order valence-electron chi connectivity index (χ0n) is 23.9. The Morgan fingerprint density at radius 2 is 1.75 bits per heavy atom. The van der Waals surface area contributed by atoms with E-state index in [0.29, 0.717) is 17.7 Å². The maximum absolute atomic E-state index is 13.4. The van der Waals surface area contributed by atoms with Crippen LogP contribution in [0.5, 0.6) is 0 Å². The fourth-order valence-electron chi connectivity index (χ4n) is 2.92. The Balaban J connectivity index is 0. The molecule has 0 spiro atoms. The Morgan fingerprint density at radius 3 is 2.08 bits per heavy atom. The van der Waals surface area contributed by atoms with Gasteiger partial charge in [0.15, 0.2) is 11.6 Å². The second-order valence-corrected chi connectivity index (χ2v) is 7.95. The van der Waals surface area contributed by atoms with Crippen LogP contribution in [-0.4, -0.2) is 34.6 Å². The van der Waals surface area contributed by atoms with Crippen LogP contribution < -0.4 is 5.32 Å². The number of carbonyl (C=O) groups is 1. The van der Waals surface area contributed by atoms with Crippen LogP contribution in [0, 0.1) is 0 Å². The molecule has 1 heterocycles. The molecule has 1 aromatic rings. The van der Waals surface area contributed by atoms with Crippen LogP contribution in [0.4, 0.5) is 14.5 Å². The molecule has 0 amide bonds. The standard InChI is InChI=1S/C21H32F2N4.C6H10O.C2H6/c1-6-10-18(20(24-13-7-2)27(14-8-3)15-9-4)26-17-11-12-19(25-16-17)21(5,22)23;1-4-6(7)5(2)3;1-2/h7,10-13,16,26H,6,8-9,14-15H2,1-5H3;2,4H2,1,3H3;1-2H3/b13-7-,18-10-,24-20+;;. The lowest BCUT2D eigenvalue weighted by atomic mass is 10.2. The van der Waals surface area contributed by atoms with Crippen LogP contribution in [0.1, 0.15) is 93.7 Å². The van der Waals surface area contributed by atoms with Crippen molar-refractivity contribution in [1.29, 1.82) is 0 Å². The summed E-state index contributed by atoms with van der Waals surface area (Å²) in [5, 5.41) is 3.31. The van der Waals surface area contributed by atoms with Gasteiger partial charge in [-0.15, -0.1) is 0 Å². The highest BCUT2D eigenvalue weighted by Crippen LogP contribution is 2.26. The number of alkyl halides is 2. The molecule has 0 bridgehead atoms. The zero-order chi connectivity index (χ0) is 28.1. The molecule has 1 rings (SSSR count). The molecule has 0 unspecified atom stereocenters. The fraction of sp³-hybridized carbons (Fsp3) is 0.552. The highest BCUT2D eigenvalue weighted by molar-refractivity contribution is 6.01. The van der Waals surface area contributed by atoms with Crippen molar-refractivity contribution in [3.8, 4) is 0 Å². The predicted molar refractivity (Wildman–Crippen MR) is 152 cm³/mol. The average Bonchev–Trinajstić information content (AvgIpc) is 2.85. The molecule has 204 valence electrons. The lowest BCUT2D eigenvalue weighted by molar-refractivity contribution is -0.115. The smallest absolute Gasteiger partial charge is 0.286 e. The van der Waals surface area contributed by atoms with Gasteiger partial charge in [0.1, 0.15) is 5.69 Å². The number of pyridine rings is 1. The third kappa shape index (κ3) is 14.5. The van der Waals surface area contributed by atoms with E-state index in [4.69, 9.17) is 0 Å². The van der Waals surface area contributed by atoms with Crippen molar-refractivity contribution in [2.45, 2.75) is 93.9 Å². The summed E-state index contributed by atoms with van der Waals surface area (Å²) in [5.41, 5.74) is 1.93. The van der Waals surface area contributed by atoms with Crippen molar-refractivity contribution in [2.24, 2.45) is 4.99 Å². The first kappa shape index (κ1) is 35.3. The number of anilines is 1. The topological polar surface area (TPSA) is 57.6 Å². The highest BCUT2D eigenvalue weighted by atomic mass is 19.3.